The van der Waals surface area contributed by atoms with Crippen LogP contribution in [0.5, 0.6) is 5.75 Å². The third-order valence-electron chi connectivity index (χ3n) is 1.45. The lowest BCUT2D eigenvalue weighted by molar-refractivity contribution is 0.361. The molecule has 0 fully saturated rings. The van der Waals surface area contributed by atoms with Crippen molar-refractivity contribution in [3.63, 3.8) is 0 Å². The summed E-state index contributed by atoms with van der Waals surface area (Å²) in [5, 5.41) is 0. The van der Waals surface area contributed by atoms with Crippen LogP contribution in [0.3, 0.4) is 0 Å². The molecule has 0 atom stereocenters. The molecule has 12 heavy (non-hydrogen) atoms. The van der Waals surface area contributed by atoms with Gasteiger partial charge in [-0.1, -0.05) is 0 Å². The number of nitrogens with two attached hydrogens (primary N) is 2. The summed E-state index contributed by atoms with van der Waals surface area (Å²) in [6.45, 7) is 0. The van der Waals surface area contributed by atoms with Gasteiger partial charge in [0.05, 0.1) is 18.5 Å². The highest BCUT2D eigenvalue weighted by molar-refractivity contribution is 5.66. The monoisotopic (exact) mass is 174 g/mol. The molecular formula is C7H8F2N2O. The number of nitrogen functional groups attached to an aromatic ring is 2. The zero-order valence-electron chi connectivity index (χ0n) is 6.40. The first-order valence-corrected chi connectivity index (χ1v) is 3.15. The van der Waals surface area contributed by atoms with E-state index < -0.39 is 17.4 Å². The van der Waals surface area contributed by atoms with Crippen LogP contribution in [-0.4, -0.2) is 7.11 Å². The number of benzene rings is 1. The van der Waals surface area contributed by atoms with Gasteiger partial charge in [-0.25, -0.2) is 8.78 Å². The lowest BCUT2D eigenvalue weighted by atomic mass is 10.2. The second-order valence-corrected chi connectivity index (χ2v) is 2.21. The van der Waals surface area contributed by atoms with Gasteiger partial charge in [-0.15, -0.1) is 0 Å². The molecule has 1 rings (SSSR count). The van der Waals surface area contributed by atoms with E-state index in [1.165, 1.54) is 0 Å². The molecule has 0 bridgehead atoms. The molecule has 0 aliphatic carbocycles. The minimum Gasteiger partial charge on any atom is -0.491 e. The first-order valence-electron chi connectivity index (χ1n) is 3.15. The maximum atomic E-state index is 13.0. The van der Waals surface area contributed by atoms with Crippen molar-refractivity contribution in [3.8, 4) is 5.75 Å². The fourth-order valence-corrected chi connectivity index (χ4v) is 0.821. The van der Waals surface area contributed by atoms with Gasteiger partial charge in [0.2, 0.25) is 0 Å². The minimum atomic E-state index is -0.963. The number of methoxy groups -OCH3 is 1. The van der Waals surface area contributed by atoms with Crippen LogP contribution >= 0.6 is 0 Å². The van der Waals surface area contributed by atoms with Crippen molar-refractivity contribution in [1.29, 1.82) is 0 Å². The van der Waals surface area contributed by atoms with Crippen LogP contribution in [0.25, 0.3) is 0 Å². The Morgan fingerprint density at radius 2 is 1.92 bits per heavy atom. The van der Waals surface area contributed by atoms with Crippen molar-refractivity contribution in [2.75, 3.05) is 18.6 Å². The lowest BCUT2D eigenvalue weighted by Crippen LogP contribution is -2.02. The molecule has 0 radical (unpaired) electrons. The molecule has 0 unspecified atom stereocenters. The van der Waals surface area contributed by atoms with Crippen molar-refractivity contribution >= 4 is 11.4 Å². The van der Waals surface area contributed by atoms with E-state index in [-0.39, 0.29) is 11.4 Å². The molecule has 0 heterocycles. The molecule has 5 heteroatoms. The van der Waals surface area contributed by atoms with E-state index in [1.807, 2.05) is 0 Å². The quantitative estimate of drug-likeness (QED) is 0.627. The predicted molar refractivity (Wildman–Crippen MR) is 41.7 cm³/mol. The van der Waals surface area contributed by atoms with Gasteiger partial charge in [0.15, 0.2) is 17.4 Å². The smallest absolute Gasteiger partial charge is 0.193 e. The van der Waals surface area contributed by atoms with Gasteiger partial charge in [0.25, 0.3) is 0 Å². The second-order valence-electron chi connectivity index (χ2n) is 2.21. The Kier molecular flexibility index (Phi) is 2.03. The molecule has 0 aliphatic heterocycles. The van der Waals surface area contributed by atoms with Gasteiger partial charge in [-0.05, 0) is 0 Å². The molecule has 0 aliphatic rings. The lowest BCUT2D eigenvalue weighted by Gasteiger charge is -2.07. The van der Waals surface area contributed by atoms with Crippen molar-refractivity contribution in [1.82, 2.24) is 0 Å². The number of rotatable bonds is 1. The Hall–Kier alpha value is -1.52. The Morgan fingerprint density at radius 1 is 1.33 bits per heavy atom. The van der Waals surface area contributed by atoms with Gasteiger partial charge in [-0.2, -0.15) is 0 Å². The van der Waals surface area contributed by atoms with Crippen molar-refractivity contribution in [2.24, 2.45) is 0 Å². The van der Waals surface area contributed by atoms with E-state index in [2.05, 4.69) is 4.74 Å². The van der Waals surface area contributed by atoms with Crippen LogP contribution in [0.2, 0.25) is 0 Å². The molecule has 4 N–H and O–H groups in total. The van der Waals surface area contributed by atoms with Crippen LogP contribution in [-0.2, 0) is 0 Å². The molecule has 1 aromatic carbocycles. The SMILES string of the molecule is COc1c(F)cc(N)c(N)c1F. The summed E-state index contributed by atoms with van der Waals surface area (Å²) in [5.74, 6) is -2.33. The van der Waals surface area contributed by atoms with Crippen molar-refractivity contribution < 1.29 is 13.5 Å². The Bertz CT molecular complexity index is 315. The zero-order valence-corrected chi connectivity index (χ0v) is 6.40. The van der Waals surface area contributed by atoms with E-state index in [4.69, 9.17) is 11.5 Å². The average Bonchev–Trinajstić information content (AvgIpc) is 2.01. The number of ether oxygens (including phenoxy) is 1. The summed E-state index contributed by atoms with van der Waals surface area (Å²) in [6.07, 6.45) is 0. The summed E-state index contributed by atoms with van der Waals surface area (Å²) < 4.78 is 30.2. The predicted octanol–water partition coefficient (Wildman–Crippen LogP) is 1.14. The van der Waals surface area contributed by atoms with Crippen LogP contribution in [0.15, 0.2) is 6.07 Å². The molecule has 3 nitrogen and oxygen atoms in total. The van der Waals surface area contributed by atoms with E-state index in [0.717, 1.165) is 13.2 Å². The van der Waals surface area contributed by atoms with Gasteiger partial charge in [0.1, 0.15) is 0 Å². The number of hydrogen-bond acceptors (Lipinski definition) is 3. The summed E-state index contributed by atoms with van der Waals surface area (Å²) >= 11 is 0. The first-order chi connectivity index (χ1) is 5.57. The van der Waals surface area contributed by atoms with Gasteiger partial charge < -0.3 is 16.2 Å². The Morgan fingerprint density at radius 3 is 2.42 bits per heavy atom. The van der Waals surface area contributed by atoms with E-state index in [9.17, 15) is 8.78 Å². The highest BCUT2D eigenvalue weighted by atomic mass is 19.1. The molecule has 0 saturated carbocycles. The molecule has 66 valence electrons. The van der Waals surface area contributed by atoms with Crippen molar-refractivity contribution in [2.45, 2.75) is 0 Å². The minimum absolute atomic E-state index is 0.134. The number of hydrogen-bond donors (Lipinski definition) is 2. The third-order valence-corrected chi connectivity index (χ3v) is 1.45. The maximum Gasteiger partial charge on any atom is 0.193 e. The highest BCUT2D eigenvalue weighted by Gasteiger charge is 2.15. The average molecular weight is 174 g/mol. The number of anilines is 2. The summed E-state index contributed by atoms with van der Waals surface area (Å²) in [5.41, 5.74) is 9.93. The van der Waals surface area contributed by atoms with Crippen LogP contribution in [0.4, 0.5) is 20.2 Å². The molecule has 0 spiro atoms. The standard InChI is InChI=1S/C7H8F2N2O/c1-12-7-3(8)2-4(10)6(11)5(7)9/h2H,10-11H2,1H3. The Balaban J connectivity index is 3.40. The first kappa shape index (κ1) is 8.58. The second kappa shape index (κ2) is 2.84. The fraction of sp³-hybridized carbons (Fsp3) is 0.143. The van der Waals surface area contributed by atoms with E-state index in [1.54, 1.807) is 0 Å². The highest BCUT2D eigenvalue weighted by Crippen LogP contribution is 2.30. The van der Waals surface area contributed by atoms with Crippen LogP contribution < -0.4 is 16.2 Å². The molecule has 0 saturated heterocycles. The van der Waals surface area contributed by atoms with Gasteiger partial charge >= 0.3 is 0 Å². The maximum absolute atomic E-state index is 13.0. The van der Waals surface area contributed by atoms with E-state index in [0.29, 0.717) is 0 Å². The normalized spacial score (nSPS) is 9.92. The van der Waals surface area contributed by atoms with Gasteiger partial charge in [-0.3, -0.25) is 0 Å². The molecular weight excluding hydrogens is 166 g/mol. The molecule has 0 amide bonds. The van der Waals surface area contributed by atoms with E-state index >= 15 is 0 Å². The molecule has 1 aromatic rings. The topological polar surface area (TPSA) is 61.3 Å². The summed E-state index contributed by atoms with van der Waals surface area (Å²) in [4.78, 5) is 0. The summed E-state index contributed by atoms with van der Waals surface area (Å²) in [6, 6.07) is 0.914. The van der Waals surface area contributed by atoms with Crippen LogP contribution in [0, 0.1) is 11.6 Å². The number of halogens is 2. The third kappa shape index (κ3) is 1.13. The zero-order chi connectivity index (χ0) is 9.30. The largest absolute Gasteiger partial charge is 0.491 e. The van der Waals surface area contributed by atoms with Gasteiger partial charge in [0, 0.05) is 6.07 Å². The van der Waals surface area contributed by atoms with Crippen molar-refractivity contribution in [3.05, 3.63) is 17.7 Å². The Labute approximate surface area is 67.9 Å². The fourth-order valence-electron chi connectivity index (χ4n) is 0.821. The molecule has 0 aromatic heterocycles. The van der Waals surface area contributed by atoms with Crippen LogP contribution in [0.1, 0.15) is 0 Å². The summed E-state index contributed by atoms with van der Waals surface area (Å²) in [7, 11) is 1.15.